The maximum atomic E-state index is 14.6. The fourth-order valence-electron chi connectivity index (χ4n) is 12.8. The highest BCUT2D eigenvalue weighted by Gasteiger charge is 2.49. The Morgan fingerprint density at radius 1 is 0.441 bits per heavy atom. The third-order valence-corrected chi connectivity index (χ3v) is 18.9. The van der Waals surface area contributed by atoms with Gasteiger partial charge in [-0.3, -0.25) is 71.9 Å². The normalized spacial score (nSPS) is 19.2. The molecular weight excluding hydrogens is 1320 g/mol. The van der Waals surface area contributed by atoms with E-state index in [-0.39, 0.29) is 88.9 Å². The van der Waals surface area contributed by atoms with E-state index in [2.05, 4.69) is 58.5 Å². The molecule has 3 heterocycles. The number of amides is 15. The fraction of sp³-hybridized carbons (Fsp3) is 0.786. The van der Waals surface area contributed by atoms with Crippen molar-refractivity contribution in [1.29, 1.82) is 0 Å². The zero-order chi connectivity index (χ0) is 77.9. The van der Waals surface area contributed by atoms with Crippen LogP contribution >= 0.6 is 0 Å². The number of hydrogen-bond acceptors (Lipinski definition) is 17. The molecule has 3 aliphatic rings. The third kappa shape index (κ3) is 24.9. The number of likely N-dealkylation sites (tertiary alicyclic amines) is 3. The zero-order valence-electron chi connectivity index (χ0n) is 63.7. The lowest BCUT2D eigenvalue weighted by Crippen LogP contribution is -2.66. The number of nitrogens with one attached hydrogen (secondary N) is 11. The van der Waals surface area contributed by atoms with Crippen LogP contribution in [0.5, 0.6) is 0 Å². The van der Waals surface area contributed by atoms with Crippen LogP contribution in [-0.4, -0.2) is 228 Å². The maximum absolute atomic E-state index is 14.6. The first-order valence-corrected chi connectivity index (χ1v) is 36.0. The summed E-state index contributed by atoms with van der Waals surface area (Å²) < 4.78 is 0. The molecule has 11 atom stereocenters. The molecule has 11 unspecified atom stereocenters. The summed E-state index contributed by atoms with van der Waals surface area (Å²) in [5.74, 6) is -11.5. The number of nitrogens with two attached hydrogens (primary N) is 1. The van der Waals surface area contributed by atoms with E-state index in [9.17, 15) is 82.1 Å². The molecule has 102 heavy (non-hydrogen) atoms. The van der Waals surface area contributed by atoms with Gasteiger partial charge in [0.15, 0.2) is 0 Å². The van der Waals surface area contributed by atoms with Crippen molar-refractivity contribution in [3.8, 4) is 0 Å². The standard InChI is InChI=1S/C70H121N15O17/c1-20-41(9)52(77-54(91)47(37-87)74-58(95)49-26-23-31-84(49)64(101)67(13,14)79-55(92)45(34-39(5)6)73-53(90)44(28-29-51(71)89)75-61(98)66(11,12)78-42(10)88)60(97)81-69(17,18)65(102)85-32-24-27-50(85)59(96)82-70(19,21-2)62(99)76-46(35-40(7)8)56(93)80-68(15,16)63(100)83-30-22-25-48(83)57(94)72-43(36-86)33-38(3)4/h38-41,43-50,52,86-87H,20-37H2,1-19H3,(H2,71,89)(H,72,94)(H,73,90)(H,74,95)(H,75,98)(H,76,99)(H,77,91)(H,78,88)(H,79,92)(H,80,93)(H,81,97)(H,82,96). The van der Waals surface area contributed by atoms with Crippen LogP contribution in [-0.2, 0) is 71.9 Å². The number of carbonyl (C=O) groups is 15. The van der Waals surface area contributed by atoms with Gasteiger partial charge < -0.3 is 89.1 Å². The van der Waals surface area contributed by atoms with E-state index >= 15 is 0 Å². The maximum Gasteiger partial charge on any atom is 0.248 e. The van der Waals surface area contributed by atoms with Crippen LogP contribution < -0.4 is 64.2 Å². The van der Waals surface area contributed by atoms with Gasteiger partial charge in [0, 0.05) is 33.0 Å². The number of rotatable bonds is 38. The van der Waals surface area contributed by atoms with Crippen molar-refractivity contribution in [1.82, 2.24) is 73.2 Å². The Kier molecular flexibility index (Phi) is 32.8. The molecule has 32 heteroatoms. The first kappa shape index (κ1) is 88.2. The van der Waals surface area contributed by atoms with Gasteiger partial charge in [-0.2, -0.15) is 0 Å². The van der Waals surface area contributed by atoms with Crippen molar-refractivity contribution >= 4 is 88.6 Å². The summed E-state index contributed by atoms with van der Waals surface area (Å²) in [5, 5.41) is 49.9. The molecule has 15 N–H and O–H groups in total. The van der Waals surface area contributed by atoms with Gasteiger partial charge in [0.1, 0.15) is 76.0 Å². The largest absolute Gasteiger partial charge is 0.394 e. The molecular formula is C70H121N15O17. The Balaban J connectivity index is 1.74. The van der Waals surface area contributed by atoms with E-state index in [0.717, 1.165) is 0 Å². The summed E-state index contributed by atoms with van der Waals surface area (Å²) in [6.07, 6.45) is 2.41. The van der Waals surface area contributed by atoms with Gasteiger partial charge in [-0.15, -0.1) is 0 Å². The molecule has 0 bridgehead atoms. The van der Waals surface area contributed by atoms with E-state index in [4.69, 9.17) is 5.73 Å². The van der Waals surface area contributed by atoms with Crippen LogP contribution in [0.15, 0.2) is 0 Å². The van der Waals surface area contributed by atoms with Crippen molar-refractivity contribution in [2.75, 3.05) is 32.8 Å². The summed E-state index contributed by atoms with van der Waals surface area (Å²) >= 11 is 0. The minimum atomic E-state index is -1.73. The highest BCUT2D eigenvalue weighted by molar-refractivity contribution is 6.02. The number of aliphatic hydroxyl groups is 2. The highest BCUT2D eigenvalue weighted by atomic mass is 16.3. The first-order chi connectivity index (χ1) is 47.1. The van der Waals surface area contributed by atoms with Crippen molar-refractivity contribution < 1.29 is 82.1 Å². The second-order valence-corrected chi connectivity index (χ2v) is 31.3. The summed E-state index contributed by atoms with van der Waals surface area (Å²) in [6.45, 7) is 29.6. The van der Waals surface area contributed by atoms with Crippen molar-refractivity contribution in [3.63, 3.8) is 0 Å². The Labute approximate surface area is 601 Å². The Morgan fingerprint density at radius 2 is 0.843 bits per heavy atom. The monoisotopic (exact) mass is 1440 g/mol. The molecule has 0 aromatic carbocycles. The highest BCUT2D eigenvalue weighted by Crippen LogP contribution is 2.27. The van der Waals surface area contributed by atoms with E-state index < -0.39 is 183 Å². The van der Waals surface area contributed by atoms with Crippen LogP contribution in [0, 0.1) is 23.7 Å². The Hall–Kier alpha value is -8.03. The second-order valence-electron chi connectivity index (χ2n) is 31.3. The summed E-state index contributed by atoms with van der Waals surface area (Å²) in [5.41, 5.74) is -2.75. The lowest BCUT2D eigenvalue weighted by atomic mass is 9.94. The lowest BCUT2D eigenvalue weighted by molar-refractivity contribution is -0.147. The van der Waals surface area contributed by atoms with Crippen molar-refractivity contribution in [2.45, 2.75) is 297 Å². The predicted octanol–water partition coefficient (Wildman–Crippen LogP) is -0.813. The zero-order valence-corrected chi connectivity index (χ0v) is 63.7. The topological polar surface area (TPSA) is 465 Å². The summed E-state index contributed by atoms with van der Waals surface area (Å²) in [4.78, 5) is 211. The summed E-state index contributed by atoms with van der Waals surface area (Å²) in [6, 6.07) is -10.5. The van der Waals surface area contributed by atoms with E-state index in [0.29, 0.717) is 38.5 Å². The smallest absolute Gasteiger partial charge is 0.248 e. The molecule has 0 radical (unpaired) electrons. The van der Waals surface area contributed by atoms with Gasteiger partial charge in [-0.1, -0.05) is 68.7 Å². The van der Waals surface area contributed by atoms with E-state index in [1.807, 2.05) is 27.7 Å². The van der Waals surface area contributed by atoms with Crippen LogP contribution in [0.25, 0.3) is 0 Å². The van der Waals surface area contributed by atoms with Gasteiger partial charge in [-0.05, 0) is 157 Å². The molecule has 3 aliphatic heterocycles. The van der Waals surface area contributed by atoms with Gasteiger partial charge in [-0.25, -0.2) is 0 Å². The molecule has 32 nitrogen and oxygen atoms in total. The molecule has 0 aliphatic carbocycles. The van der Waals surface area contributed by atoms with Crippen LogP contribution in [0.1, 0.15) is 215 Å². The van der Waals surface area contributed by atoms with Crippen LogP contribution in [0.2, 0.25) is 0 Å². The lowest BCUT2D eigenvalue weighted by Gasteiger charge is -2.37. The SMILES string of the molecule is CCC(C)C(NC(=O)C(CO)NC(=O)C1CCCN1C(=O)C(C)(C)NC(=O)C(CC(C)C)NC(=O)C(CCC(N)=O)NC(=O)C(C)(C)NC(C)=O)C(=O)NC(C)(C)C(=O)N1CCCC1C(=O)NC(C)(CC)C(=O)NC(CC(C)C)C(=O)NC(C)(C)C(=O)N1CCCC1C(=O)NC(CO)CC(C)C. The predicted molar refractivity (Wildman–Crippen MR) is 378 cm³/mol. The minimum absolute atomic E-state index is 0.0345. The number of aliphatic hydroxyl groups excluding tert-OH is 2. The minimum Gasteiger partial charge on any atom is -0.394 e. The van der Waals surface area contributed by atoms with Gasteiger partial charge in [0.2, 0.25) is 88.6 Å². The fourth-order valence-corrected chi connectivity index (χ4v) is 12.8. The number of hydrogen-bond donors (Lipinski definition) is 14. The Morgan fingerprint density at radius 3 is 1.24 bits per heavy atom. The molecule has 0 aromatic rings. The first-order valence-electron chi connectivity index (χ1n) is 36.0. The molecule has 3 fully saturated rings. The molecule has 0 aromatic heterocycles. The second kappa shape index (κ2) is 37.9. The summed E-state index contributed by atoms with van der Waals surface area (Å²) in [7, 11) is 0. The van der Waals surface area contributed by atoms with E-state index in [1.165, 1.54) is 83.9 Å². The molecule has 3 saturated heterocycles. The molecule has 578 valence electrons. The van der Waals surface area contributed by atoms with Gasteiger partial charge >= 0.3 is 0 Å². The quantitative estimate of drug-likeness (QED) is 0.0359. The van der Waals surface area contributed by atoms with Gasteiger partial charge in [0.25, 0.3) is 0 Å². The van der Waals surface area contributed by atoms with Crippen LogP contribution in [0.4, 0.5) is 0 Å². The molecule has 15 amide bonds. The number of nitrogens with zero attached hydrogens (tertiary/aromatic N) is 3. The molecule has 3 rings (SSSR count). The number of carbonyl (C=O) groups excluding carboxylic acids is 15. The van der Waals surface area contributed by atoms with Crippen LogP contribution in [0.3, 0.4) is 0 Å². The van der Waals surface area contributed by atoms with Gasteiger partial charge in [0.05, 0.1) is 19.3 Å². The molecule has 0 saturated carbocycles. The average molecular weight is 1440 g/mol. The number of primary amides is 1. The van der Waals surface area contributed by atoms with E-state index in [1.54, 1.807) is 34.6 Å². The Bertz CT molecular complexity index is 3040. The van der Waals surface area contributed by atoms with Crippen molar-refractivity contribution in [3.05, 3.63) is 0 Å². The third-order valence-electron chi connectivity index (χ3n) is 18.9. The molecule has 0 spiro atoms. The average Bonchev–Trinajstić information content (AvgIpc) is 1.61. The van der Waals surface area contributed by atoms with Crippen molar-refractivity contribution in [2.24, 2.45) is 29.4 Å².